The molecule has 0 radical (unpaired) electrons. The van der Waals surface area contributed by atoms with Gasteiger partial charge in [-0.15, -0.1) is 0 Å². The molecule has 136 valence electrons. The van der Waals surface area contributed by atoms with Crippen molar-refractivity contribution in [3.05, 3.63) is 46.8 Å². The molecule has 2 aromatic rings. The van der Waals surface area contributed by atoms with Crippen LogP contribution in [0.15, 0.2) is 24.3 Å². The van der Waals surface area contributed by atoms with Crippen molar-refractivity contribution in [2.75, 3.05) is 11.4 Å². The lowest BCUT2D eigenvalue weighted by atomic mass is 10.1. The molecule has 0 aliphatic rings. The van der Waals surface area contributed by atoms with Crippen LogP contribution < -0.4 is 4.90 Å². The van der Waals surface area contributed by atoms with Crippen molar-refractivity contribution in [2.24, 2.45) is 5.92 Å². The van der Waals surface area contributed by atoms with E-state index in [2.05, 4.69) is 43.5 Å². The predicted octanol–water partition coefficient (Wildman–Crippen LogP) is 4.45. The summed E-state index contributed by atoms with van der Waals surface area (Å²) in [4.78, 5) is 14.7. The Bertz CT molecular complexity index is 731. The summed E-state index contributed by atoms with van der Waals surface area (Å²) in [6.07, 6.45) is 1.26. The van der Waals surface area contributed by atoms with Crippen molar-refractivity contribution in [1.29, 1.82) is 0 Å². The Morgan fingerprint density at radius 2 is 1.88 bits per heavy atom. The molecule has 4 nitrogen and oxygen atoms in total. The van der Waals surface area contributed by atoms with Gasteiger partial charge in [-0.1, -0.05) is 32.0 Å². The van der Waals surface area contributed by atoms with Gasteiger partial charge >= 0.3 is 0 Å². The number of anilines is 1. The second kappa shape index (κ2) is 8.32. The molecule has 0 aliphatic heterocycles. The van der Waals surface area contributed by atoms with Gasteiger partial charge in [-0.05, 0) is 57.2 Å². The number of hydrogen-bond donors (Lipinski definition) is 0. The number of amides is 1. The van der Waals surface area contributed by atoms with Gasteiger partial charge < -0.3 is 4.90 Å². The molecule has 0 spiro atoms. The number of para-hydroxylation sites is 1. The summed E-state index contributed by atoms with van der Waals surface area (Å²) >= 11 is 0. The fourth-order valence-electron chi connectivity index (χ4n) is 3.33. The zero-order chi connectivity index (χ0) is 18.6. The molecule has 1 aromatic heterocycles. The summed E-state index contributed by atoms with van der Waals surface area (Å²) in [6, 6.07) is 8.07. The third kappa shape index (κ3) is 4.50. The van der Waals surface area contributed by atoms with Crippen LogP contribution in [0.4, 0.5) is 5.69 Å². The Hall–Kier alpha value is -2.10. The zero-order valence-corrected chi connectivity index (χ0v) is 16.5. The first kappa shape index (κ1) is 19.2. The molecule has 0 aliphatic carbocycles. The van der Waals surface area contributed by atoms with Gasteiger partial charge in [0, 0.05) is 30.9 Å². The molecule has 0 saturated carbocycles. The minimum atomic E-state index is 0.173. The van der Waals surface area contributed by atoms with Crippen molar-refractivity contribution in [2.45, 2.75) is 60.9 Å². The molecule has 0 bridgehead atoms. The second-order valence-corrected chi connectivity index (χ2v) is 7.15. The molecule has 0 saturated heterocycles. The van der Waals surface area contributed by atoms with Gasteiger partial charge in [0.2, 0.25) is 5.91 Å². The number of nitrogens with zero attached hydrogens (tertiary/aromatic N) is 3. The normalized spacial score (nSPS) is 11.2. The summed E-state index contributed by atoms with van der Waals surface area (Å²) in [5.41, 5.74) is 5.60. The molecule has 0 fully saturated rings. The van der Waals surface area contributed by atoms with Crippen LogP contribution in [-0.2, 0) is 17.8 Å². The minimum absolute atomic E-state index is 0.173. The first-order valence-electron chi connectivity index (χ1n) is 9.24. The molecule has 0 atom stereocenters. The molecule has 1 aromatic carbocycles. The fraction of sp³-hybridized carbons (Fsp3) is 0.524. The predicted molar refractivity (Wildman–Crippen MR) is 104 cm³/mol. The van der Waals surface area contributed by atoms with Crippen LogP contribution in [0.1, 0.15) is 49.7 Å². The van der Waals surface area contributed by atoms with Crippen LogP contribution in [0.3, 0.4) is 0 Å². The highest BCUT2D eigenvalue weighted by molar-refractivity contribution is 5.94. The molecule has 1 amide bonds. The Morgan fingerprint density at radius 1 is 1.20 bits per heavy atom. The maximum Gasteiger partial charge on any atom is 0.227 e. The molecular formula is C21H31N3O. The third-order valence-electron chi connectivity index (χ3n) is 4.68. The second-order valence-electron chi connectivity index (χ2n) is 7.15. The van der Waals surface area contributed by atoms with Crippen LogP contribution in [0.25, 0.3) is 0 Å². The Balaban J connectivity index is 2.11. The first-order valence-corrected chi connectivity index (χ1v) is 9.24. The fourth-order valence-corrected chi connectivity index (χ4v) is 3.33. The number of aryl methyl sites for hydroxylation is 2. The number of carbonyl (C=O) groups excluding carboxylic acids is 1. The quantitative estimate of drug-likeness (QED) is 0.746. The van der Waals surface area contributed by atoms with E-state index in [-0.39, 0.29) is 5.91 Å². The van der Waals surface area contributed by atoms with Gasteiger partial charge in [-0.3, -0.25) is 9.48 Å². The lowest BCUT2D eigenvalue weighted by Crippen LogP contribution is -2.31. The lowest BCUT2D eigenvalue weighted by molar-refractivity contribution is -0.118. The molecule has 4 heteroatoms. The monoisotopic (exact) mass is 341 g/mol. The molecule has 0 unspecified atom stereocenters. The summed E-state index contributed by atoms with van der Waals surface area (Å²) in [6.45, 7) is 14.2. The van der Waals surface area contributed by atoms with E-state index in [1.54, 1.807) is 0 Å². The number of carbonyl (C=O) groups is 1. The average Bonchev–Trinajstić information content (AvgIpc) is 2.81. The molecule has 1 heterocycles. The molecule has 25 heavy (non-hydrogen) atoms. The third-order valence-corrected chi connectivity index (χ3v) is 4.68. The van der Waals surface area contributed by atoms with Crippen molar-refractivity contribution in [3.8, 4) is 0 Å². The van der Waals surface area contributed by atoms with E-state index in [1.165, 1.54) is 11.3 Å². The average molecular weight is 341 g/mol. The van der Waals surface area contributed by atoms with Crippen molar-refractivity contribution in [1.82, 2.24) is 9.78 Å². The van der Waals surface area contributed by atoms with Crippen molar-refractivity contribution >= 4 is 11.6 Å². The van der Waals surface area contributed by atoms with Gasteiger partial charge in [0.25, 0.3) is 0 Å². The Labute approximate surface area is 151 Å². The minimum Gasteiger partial charge on any atom is -0.312 e. The van der Waals surface area contributed by atoms with Crippen LogP contribution in [-0.4, -0.2) is 22.2 Å². The maximum absolute atomic E-state index is 12.8. The molecular weight excluding hydrogens is 310 g/mol. The Kier molecular flexibility index (Phi) is 6.40. The summed E-state index contributed by atoms with van der Waals surface area (Å²) < 4.78 is 2.08. The van der Waals surface area contributed by atoms with E-state index < -0.39 is 0 Å². The Morgan fingerprint density at radius 3 is 2.48 bits per heavy atom. The van der Waals surface area contributed by atoms with Crippen LogP contribution in [0, 0.1) is 26.7 Å². The maximum atomic E-state index is 12.8. The van der Waals surface area contributed by atoms with Crippen LogP contribution in [0.2, 0.25) is 0 Å². The first-order chi connectivity index (χ1) is 11.8. The van der Waals surface area contributed by atoms with Gasteiger partial charge in [0.15, 0.2) is 0 Å². The molecule has 2 rings (SSSR count). The highest BCUT2D eigenvalue weighted by Crippen LogP contribution is 2.22. The lowest BCUT2D eigenvalue weighted by Gasteiger charge is -2.23. The molecule has 0 N–H and O–H groups in total. The zero-order valence-electron chi connectivity index (χ0n) is 16.5. The number of hydrogen-bond acceptors (Lipinski definition) is 2. The van der Waals surface area contributed by atoms with Crippen molar-refractivity contribution < 1.29 is 4.79 Å². The largest absolute Gasteiger partial charge is 0.312 e. The SMILES string of the molecule is CCN(C(=O)CCc1c(C)nn(CC(C)C)c1C)c1ccccc1C. The number of rotatable bonds is 7. The van der Waals surface area contributed by atoms with E-state index >= 15 is 0 Å². The summed E-state index contributed by atoms with van der Waals surface area (Å²) in [5.74, 6) is 0.733. The van der Waals surface area contributed by atoms with E-state index in [0.29, 0.717) is 18.9 Å². The van der Waals surface area contributed by atoms with E-state index in [9.17, 15) is 4.79 Å². The van der Waals surface area contributed by atoms with Crippen LogP contribution in [0.5, 0.6) is 0 Å². The highest BCUT2D eigenvalue weighted by Gasteiger charge is 2.18. The van der Waals surface area contributed by atoms with Crippen LogP contribution >= 0.6 is 0 Å². The van der Waals surface area contributed by atoms with Gasteiger partial charge in [-0.25, -0.2) is 0 Å². The smallest absolute Gasteiger partial charge is 0.227 e. The van der Waals surface area contributed by atoms with Gasteiger partial charge in [0.05, 0.1) is 5.69 Å². The topological polar surface area (TPSA) is 38.1 Å². The summed E-state index contributed by atoms with van der Waals surface area (Å²) in [5, 5.41) is 4.66. The van der Waals surface area contributed by atoms with Crippen molar-refractivity contribution in [3.63, 3.8) is 0 Å². The van der Waals surface area contributed by atoms with Gasteiger partial charge in [0.1, 0.15) is 0 Å². The van der Waals surface area contributed by atoms with E-state index in [0.717, 1.165) is 29.9 Å². The summed E-state index contributed by atoms with van der Waals surface area (Å²) in [7, 11) is 0. The highest BCUT2D eigenvalue weighted by atomic mass is 16.2. The number of aromatic nitrogens is 2. The van der Waals surface area contributed by atoms with Gasteiger partial charge in [-0.2, -0.15) is 5.10 Å². The van der Waals surface area contributed by atoms with E-state index in [4.69, 9.17) is 0 Å². The van der Waals surface area contributed by atoms with E-state index in [1.807, 2.05) is 36.9 Å². The number of benzene rings is 1. The standard InChI is InChI=1S/C21H31N3O/c1-7-23(20-11-9-8-10-16(20)4)21(25)13-12-19-17(5)22-24(18(19)6)14-15(2)3/h8-11,15H,7,12-14H2,1-6H3.